The Morgan fingerprint density at radius 2 is 1.86 bits per heavy atom. The van der Waals surface area contributed by atoms with Crippen LogP contribution in [0.15, 0.2) is 68.4 Å². The van der Waals surface area contributed by atoms with Gasteiger partial charge >= 0.3 is 0 Å². The average Bonchev–Trinajstić information content (AvgIpc) is 3.24. The number of carbonyl (C=O) groups excluding carboxylic acids is 2. The summed E-state index contributed by atoms with van der Waals surface area (Å²) in [7, 11) is 0. The van der Waals surface area contributed by atoms with Crippen LogP contribution in [0.2, 0.25) is 0 Å². The van der Waals surface area contributed by atoms with Gasteiger partial charge in [0.2, 0.25) is 0 Å². The molecule has 1 aliphatic rings. The van der Waals surface area contributed by atoms with E-state index in [1.807, 2.05) is 24.3 Å². The Labute approximate surface area is 177 Å². The molecule has 0 bridgehead atoms. The smallest absolute Gasteiger partial charge is 0.293 e. The third kappa shape index (κ3) is 4.04. The lowest BCUT2D eigenvalue weighted by atomic mass is 10.1. The fourth-order valence-electron chi connectivity index (χ4n) is 2.83. The fraction of sp³-hybridized carbons (Fsp3) is 0.0476. The predicted octanol–water partition coefficient (Wildman–Crippen LogP) is 6.22. The van der Waals surface area contributed by atoms with Crippen molar-refractivity contribution in [3.05, 3.63) is 86.9 Å². The first-order valence-corrected chi connectivity index (χ1v) is 10.1. The zero-order valence-corrected chi connectivity index (χ0v) is 17.1. The average molecular weight is 476 g/mol. The normalized spacial score (nSPS) is 15.6. The third-order valence-corrected chi connectivity index (χ3v) is 5.94. The summed E-state index contributed by atoms with van der Waals surface area (Å²) in [5, 5.41) is -0.381. The highest BCUT2D eigenvalue weighted by atomic mass is 79.9. The van der Waals surface area contributed by atoms with Gasteiger partial charge in [-0.1, -0.05) is 34.1 Å². The van der Waals surface area contributed by atoms with Gasteiger partial charge in [0.15, 0.2) is 0 Å². The first-order chi connectivity index (χ1) is 13.9. The highest BCUT2D eigenvalue weighted by Gasteiger charge is 2.35. The molecule has 2 aromatic carbocycles. The predicted molar refractivity (Wildman–Crippen MR) is 110 cm³/mol. The molecule has 4 rings (SSSR count). The summed E-state index contributed by atoms with van der Waals surface area (Å²) in [6, 6.07) is 13.6. The van der Waals surface area contributed by atoms with Crippen molar-refractivity contribution in [1.29, 1.82) is 0 Å². The van der Waals surface area contributed by atoms with E-state index >= 15 is 0 Å². The maximum absolute atomic E-state index is 13.9. The quantitative estimate of drug-likeness (QED) is 0.420. The van der Waals surface area contributed by atoms with Crippen molar-refractivity contribution < 1.29 is 22.8 Å². The monoisotopic (exact) mass is 475 g/mol. The van der Waals surface area contributed by atoms with Gasteiger partial charge in [0.25, 0.3) is 11.1 Å². The topological polar surface area (TPSA) is 50.5 Å². The van der Waals surface area contributed by atoms with Crippen molar-refractivity contribution in [1.82, 2.24) is 4.90 Å². The van der Waals surface area contributed by atoms with Crippen LogP contribution < -0.4 is 0 Å². The molecule has 2 heterocycles. The lowest BCUT2D eigenvalue weighted by molar-refractivity contribution is -0.123. The number of benzene rings is 2. The molecule has 0 unspecified atom stereocenters. The minimum Gasteiger partial charge on any atom is -0.457 e. The summed E-state index contributed by atoms with van der Waals surface area (Å²) in [6.07, 6.45) is 1.44. The van der Waals surface area contributed by atoms with Crippen LogP contribution in [0.4, 0.5) is 13.6 Å². The summed E-state index contributed by atoms with van der Waals surface area (Å²) in [5.74, 6) is -1.38. The van der Waals surface area contributed by atoms with Crippen molar-refractivity contribution in [2.24, 2.45) is 0 Å². The van der Waals surface area contributed by atoms with E-state index in [1.54, 1.807) is 6.07 Å². The Morgan fingerprint density at radius 3 is 2.62 bits per heavy atom. The van der Waals surface area contributed by atoms with Crippen molar-refractivity contribution in [3.63, 3.8) is 0 Å². The zero-order valence-electron chi connectivity index (χ0n) is 14.7. The minimum absolute atomic E-state index is 0.105. The van der Waals surface area contributed by atoms with E-state index < -0.39 is 17.5 Å². The van der Waals surface area contributed by atoms with Gasteiger partial charge in [0.05, 0.1) is 17.0 Å². The lowest BCUT2D eigenvalue weighted by Gasteiger charge is -2.13. The number of hydrogen-bond donors (Lipinski definition) is 0. The SMILES string of the molecule is O=C1S/C(=C/c2ccc(-c3ccc(F)cc3F)o2)C(=O)N1Cc1ccccc1Br. The van der Waals surface area contributed by atoms with Crippen molar-refractivity contribution in [3.8, 4) is 11.3 Å². The first kappa shape index (κ1) is 19.6. The van der Waals surface area contributed by atoms with Crippen LogP contribution in [-0.2, 0) is 11.3 Å². The molecule has 29 heavy (non-hydrogen) atoms. The number of amides is 2. The van der Waals surface area contributed by atoms with Crippen LogP contribution in [0.25, 0.3) is 17.4 Å². The molecule has 0 atom stereocenters. The molecule has 3 aromatic rings. The van der Waals surface area contributed by atoms with Crippen LogP contribution in [0.5, 0.6) is 0 Å². The summed E-state index contributed by atoms with van der Waals surface area (Å²) in [5.41, 5.74) is 0.913. The third-order valence-electron chi connectivity index (χ3n) is 4.26. The van der Waals surface area contributed by atoms with Gasteiger partial charge in [-0.05, 0) is 47.7 Å². The fourth-order valence-corrected chi connectivity index (χ4v) is 4.06. The minimum atomic E-state index is -0.750. The number of hydrogen-bond acceptors (Lipinski definition) is 4. The Bertz CT molecular complexity index is 1160. The number of thioether (sulfide) groups is 1. The molecule has 0 saturated carbocycles. The second-order valence-corrected chi connectivity index (χ2v) is 8.03. The van der Waals surface area contributed by atoms with E-state index in [0.717, 1.165) is 38.8 Å². The molecule has 0 spiro atoms. The van der Waals surface area contributed by atoms with Crippen LogP contribution in [0.1, 0.15) is 11.3 Å². The van der Waals surface area contributed by atoms with Crippen LogP contribution >= 0.6 is 27.7 Å². The number of rotatable bonds is 4. The van der Waals surface area contributed by atoms with E-state index in [4.69, 9.17) is 4.42 Å². The molecule has 2 amide bonds. The molecule has 0 aliphatic carbocycles. The van der Waals surface area contributed by atoms with E-state index in [0.29, 0.717) is 0 Å². The molecule has 146 valence electrons. The largest absolute Gasteiger partial charge is 0.457 e. The molecule has 1 fully saturated rings. The highest BCUT2D eigenvalue weighted by Crippen LogP contribution is 2.35. The molecule has 0 N–H and O–H groups in total. The van der Waals surface area contributed by atoms with Crippen LogP contribution in [-0.4, -0.2) is 16.0 Å². The van der Waals surface area contributed by atoms with Crippen LogP contribution in [0, 0.1) is 11.6 Å². The maximum atomic E-state index is 13.9. The van der Waals surface area contributed by atoms with E-state index in [-0.39, 0.29) is 33.8 Å². The Morgan fingerprint density at radius 1 is 1.07 bits per heavy atom. The molecule has 0 radical (unpaired) electrons. The maximum Gasteiger partial charge on any atom is 0.293 e. The van der Waals surface area contributed by atoms with Gasteiger partial charge in [-0.15, -0.1) is 0 Å². The van der Waals surface area contributed by atoms with Gasteiger partial charge in [0, 0.05) is 16.6 Å². The van der Waals surface area contributed by atoms with E-state index in [2.05, 4.69) is 15.9 Å². The first-order valence-electron chi connectivity index (χ1n) is 8.46. The van der Waals surface area contributed by atoms with E-state index in [9.17, 15) is 18.4 Å². The number of nitrogens with zero attached hydrogens (tertiary/aromatic N) is 1. The Hall–Kier alpha value is -2.71. The van der Waals surface area contributed by atoms with Gasteiger partial charge in [-0.3, -0.25) is 14.5 Å². The lowest BCUT2D eigenvalue weighted by Crippen LogP contribution is -2.27. The van der Waals surface area contributed by atoms with Gasteiger partial charge in [-0.25, -0.2) is 8.78 Å². The summed E-state index contributed by atoms with van der Waals surface area (Å²) in [6.45, 7) is 0.146. The molecular weight excluding hydrogens is 464 g/mol. The number of furan rings is 1. The molecule has 1 saturated heterocycles. The molecule has 1 aromatic heterocycles. The Kier molecular flexibility index (Phi) is 5.38. The molecule has 4 nitrogen and oxygen atoms in total. The Balaban J connectivity index is 1.56. The summed E-state index contributed by atoms with van der Waals surface area (Å²) in [4.78, 5) is 26.3. The summed E-state index contributed by atoms with van der Waals surface area (Å²) >= 11 is 4.22. The van der Waals surface area contributed by atoms with Gasteiger partial charge in [-0.2, -0.15) is 0 Å². The highest BCUT2D eigenvalue weighted by molar-refractivity contribution is 9.10. The molecular formula is C21H12BrF2NO3S. The van der Waals surface area contributed by atoms with Crippen molar-refractivity contribution in [2.45, 2.75) is 6.54 Å². The van der Waals surface area contributed by atoms with E-state index in [1.165, 1.54) is 18.2 Å². The zero-order chi connectivity index (χ0) is 20.5. The molecule has 8 heteroatoms. The van der Waals surface area contributed by atoms with Crippen molar-refractivity contribution in [2.75, 3.05) is 0 Å². The van der Waals surface area contributed by atoms with Crippen molar-refractivity contribution >= 4 is 44.9 Å². The van der Waals surface area contributed by atoms with Gasteiger partial charge in [0.1, 0.15) is 23.2 Å². The number of halogens is 3. The number of imide groups is 1. The second-order valence-electron chi connectivity index (χ2n) is 6.19. The standard InChI is InChI=1S/C21H12BrF2NO3S/c22-16-4-2-1-3-12(16)11-25-20(26)19(29-21(25)27)10-14-6-8-18(28-14)15-7-5-13(23)9-17(15)24/h1-10H,11H2/b19-10+. The number of carbonyl (C=O) groups is 2. The van der Waals surface area contributed by atoms with Crippen LogP contribution in [0.3, 0.4) is 0 Å². The second kappa shape index (κ2) is 7.96. The summed E-state index contributed by atoms with van der Waals surface area (Å²) < 4.78 is 33.4. The molecule has 1 aliphatic heterocycles. The van der Waals surface area contributed by atoms with Gasteiger partial charge < -0.3 is 4.42 Å².